The first-order chi connectivity index (χ1) is 10.5. The molecule has 1 saturated carbocycles. The van der Waals surface area contributed by atoms with Crippen molar-refractivity contribution in [2.24, 2.45) is 11.8 Å². The van der Waals surface area contributed by atoms with Gasteiger partial charge in [-0.05, 0) is 49.4 Å². The Hall–Kier alpha value is -1.16. The summed E-state index contributed by atoms with van der Waals surface area (Å²) in [5.41, 5.74) is 0. The van der Waals surface area contributed by atoms with Gasteiger partial charge in [0.15, 0.2) is 0 Å². The number of hydrogen-bond donors (Lipinski definition) is 1. The van der Waals surface area contributed by atoms with Crippen molar-refractivity contribution in [3.63, 3.8) is 0 Å². The molecule has 1 aromatic rings. The lowest BCUT2D eigenvalue weighted by atomic mass is 9.78. The van der Waals surface area contributed by atoms with Crippen molar-refractivity contribution in [3.8, 4) is 5.75 Å². The molecule has 0 spiro atoms. The average Bonchev–Trinajstić information content (AvgIpc) is 2.52. The highest BCUT2D eigenvalue weighted by Crippen LogP contribution is 2.30. The largest absolute Gasteiger partial charge is 0.497 e. The van der Waals surface area contributed by atoms with E-state index < -0.39 is 0 Å². The molecule has 0 aliphatic heterocycles. The lowest BCUT2D eigenvalue weighted by Crippen LogP contribution is -2.46. The van der Waals surface area contributed by atoms with E-state index in [0.717, 1.165) is 17.1 Å². The van der Waals surface area contributed by atoms with Gasteiger partial charge in [-0.1, -0.05) is 26.7 Å². The molecular weight excluding hydrogens is 294 g/mol. The summed E-state index contributed by atoms with van der Waals surface area (Å²) in [4.78, 5) is 13.5. The molecule has 0 saturated heterocycles. The maximum atomic E-state index is 12.4. The predicted octanol–water partition coefficient (Wildman–Crippen LogP) is 4.12. The molecule has 1 amide bonds. The third-order valence-corrected chi connectivity index (χ3v) is 5.89. The number of thioether (sulfide) groups is 1. The summed E-state index contributed by atoms with van der Waals surface area (Å²) in [7, 11) is 1.66. The average molecular weight is 321 g/mol. The van der Waals surface area contributed by atoms with Crippen molar-refractivity contribution < 1.29 is 9.53 Å². The lowest BCUT2D eigenvalue weighted by molar-refractivity contribution is -0.121. The molecule has 0 bridgehead atoms. The Morgan fingerprint density at radius 2 is 1.95 bits per heavy atom. The second kappa shape index (κ2) is 7.91. The van der Waals surface area contributed by atoms with Crippen molar-refractivity contribution in [2.75, 3.05) is 7.11 Å². The molecule has 1 fully saturated rings. The fraction of sp³-hybridized carbons (Fsp3) is 0.611. The predicted molar refractivity (Wildman–Crippen MR) is 92.4 cm³/mol. The van der Waals surface area contributed by atoms with Crippen molar-refractivity contribution in [2.45, 2.75) is 56.2 Å². The van der Waals surface area contributed by atoms with Gasteiger partial charge in [0.05, 0.1) is 12.4 Å². The van der Waals surface area contributed by atoms with Crippen molar-refractivity contribution >= 4 is 17.7 Å². The third kappa shape index (κ3) is 4.42. The molecule has 1 aromatic carbocycles. The first kappa shape index (κ1) is 17.2. The summed E-state index contributed by atoms with van der Waals surface area (Å²) in [6, 6.07) is 8.18. The van der Waals surface area contributed by atoms with Gasteiger partial charge in [0, 0.05) is 10.9 Å². The van der Waals surface area contributed by atoms with Gasteiger partial charge < -0.3 is 10.1 Å². The number of methoxy groups -OCH3 is 1. The van der Waals surface area contributed by atoms with E-state index in [1.165, 1.54) is 12.8 Å². The van der Waals surface area contributed by atoms with Gasteiger partial charge in [0.25, 0.3) is 0 Å². The number of rotatable bonds is 5. The highest BCUT2D eigenvalue weighted by Gasteiger charge is 2.29. The number of amides is 1. The van der Waals surface area contributed by atoms with Crippen LogP contribution in [0, 0.1) is 11.8 Å². The second-order valence-corrected chi connectivity index (χ2v) is 7.73. The zero-order valence-electron chi connectivity index (χ0n) is 14.0. The van der Waals surface area contributed by atoms with Crippen LogP contribution in [0.1, 0.15) is 40.0 Å². The Kier molecular flexibility index (Phi) is 6.18. The summed E-state index contributed by atoms with van der Waals surface area (Å²) in [5.74, 6) is 2.25. The zero-order valence-corrected chi connectivity index (χ0v) is 14.8. The van der Waals surface area contributed by atoms with E-state index in [1.807, 2.05) is 31.2 Å². The van der Waals surface area contributed by atoms with Gasteiger partial charge >= 0.3 is 0 Å². The van der Waals surface area contributed by atoms with Crippen LogP contribution >= 0.6 is 11.8 Å². The Morgan fingerprint density at radius 1 is 1.27 bits per heavy atom. The molecule has 22 heavy (non-hydrogen) atoms. The fourth-order valence-corrected chi connectivity index (χ4v) is 3.87. The first-order valence-corrected chi connectivity index (χ1v) is 9.00. The number of hydrogen-bond acceptors (Lipinski definition) is 3. The Morgan fingerprint density at radius 3 is 2.59 bits per heavy atom. The van der Waals surface area contributed by atoms with Gasteiger partial charge in [-0.15, -0.1) is 11.8 Å². The van der Waals surface area contributed by atoms with Crippen LogP contribution in [0.3, 0.4) is 0 Å². The molecule has 1 aliphatic rings. The Balaban J connectivity index is 1.88. The summed E-state index contributed by atoms with van der Waals surface area (Å²) in [6.07, 6.45) is 3.61. The van der Waals surface area contributed by atoms with Gasteiger partial charge in [0.1, 0.15) is 5.75 Å². The number of carbonyl (C=O) groups excluding carboxylic acids is 1. The molecule has 122 valence electrons. The number of ether oxygens (including phenoxy) is 1. The SMILES string of the molecule is COc1ccc(S[C@H](C)C(=O)N[C@H]2CCC[C@@H](C)[C@H]2C)cc1. The number of nitrogens with one attached hydrogen (secondary N) is 1. The van der Waals surface area contributed by atoms with Crippen LogP contribution < -0.4 is 10.1 Å². The van der Waals surface area contributed by atoms with E-state index in [2.05, 4.69) is 19.2 Å². The second-order valence-electron chi connectivity index (χ2n) is 6.32. The van der Waals surface area contributed by atoms with Crippen LogP contribution in [0.4, 0.5) is 0 Å². The number of benzene rings is 1. The van der Waals surface area contributed by atoms with Gasteiger partial charge in [-0.2, -0.15) is 0 Å². The monoisotopic (exact) mass is 321 g/mol. The Labute approximate surface area is 138 Å². The molecule has 1 N–H and O–H groups in total. The highest BCUT2D eigenvalue weighted by molar-refractivity contribution is 8.00. The minimum Gasteiger partial charge on any atom is -0.497 e. The lowest BCUT2D eigenvalue weighted by Gasteiger charge is -2.35. The summed E-state index contributed by atoms with van der Waals surface area (Å²) < 4.78 is 5.16. The molecule has 0 aromatic heterocycles. The summed E-state index contributed by atoms with van der Waals surface area (Å²) in [5, 5.41) is 3.17. The zero-order chi connectivity index (χ0) is 16.1. The minimum atomic E-state index is -0.0853. The maximum Gasteiger partial charge on any atom is 0.233 e. The smallest absolute Gasteiger partial charge is 0.233 e. The molecule has 4 atom stereocenters. The van der Waals surface area contributed by atoms with Crippen molar-refractivity contribution in [3.05, 3.63) is 24.3 Å². The molecule has 4 heteroatoms. The van der Waals surface area contributed by atoms with E-state index in [0.29, 0.717) is 17.9 Å². The summed E-state index contributed by atoms with van der Waals surface area (Å²) in [6.45, 7) is 6.52. The van der Waals surface area contributed by atoms with Gasteiger partial charge in [-0.3, -0.25) is 4.79 Å². The van der Waals surface area contributed by atoms with E-state index >= 15 is 0 Å². The minimum absolute atomic E-state index is 0.0853. The van der Waals surface area contributed by atoms with Crippen LogP contribution in [0.15, 0.2) is 29.2 Å². The van der Waals surface area contributed by atoms with Crippen molar-refractivity contribution in [1.82, 2.24) is 5.32 Å². The topological polar surface area (TPSA) is 38.3 Å². The number of carbonyl (C=O) groups is 1. The molecule has 3 nitrogen and oxygen atoms in total. The molecule has 0 radical (unpaired) electrons. The van der Waals surface area contributed by atoms with E-state index in [1.54, 1.807) is 18.9 Å². The highest BCUT2D eigenvalue weighted by atomic mass is 32.2. The van der Waals surface area contributed by atoms with Crippen LogP contribution in [0.5, 0.6) is 5.75 Å². The quantitative estimate of drug-likeness (QED) is 0.829. The standard InChI is InChI=1S/C18H27NO2S/c1-12-6-5-7-17(13(12)2)19-18(20)14(3)22-16-10-8-15(21-4)9-11-16/h8-14,17H,5-7H2,1-4H3,(H,19,20)/t12-,13-,14-,17+/m1/s1. The molecule has 0 unspecified atom stereocenters. The van der Waals surface area contributed by atoms with E-state index in [4.69, 9.17) is 4.74 Å². The molecule has 0 heterocycles. The molecule has 2 rings (SSSR count). The van der Waals surface area contributed by atoms with Crippen molar-refractivity contribution in [1.29, 1.82) is 0 Å². The third-order valence-electron chi connectivity index (χ3n) is 4.78. The Bertz CT molecular complexity index is 488. The van der Waals surface area contributed by atoms with Crippen LogP contribution in [-0.2, 0) is 4.79 Å². The fourth-order valence-electron chi connectivity index (χ4n) is 3.00. The maximum absolute atomic E-state index is 12.4. The van der Waals surface area contributed by atoms with Crippen LogP contribution in [0.25, 0.3) is 0 Å². The summed E-state index contributed by atoms with van der Waals surface area (Å²) >= 11 is 1.59. The van der Waals surface area contributed by atoms with E-state index in [-0.39, 0.29) is 11.2 Å². The van der Waals surface area contributed by atoms with Gasteiger partial charge in [0.2, 0.25) is 5.91 Å². The molecule has 1 aliphatic carbocycles. The van der Waals surface area contributed by atoms with Crippen LogP contribution in [0.2, 0.25) is 0 Å². The normalized spacial score (nSPS) is 26.3. The first-order valence-electron chi connectivity index (χ1n) is 8.12. The molecular formula is C18H27NO2S. The van der Waals surface area contributed by atoms with Crippen LogP contribution in [-0.4, -0.2) is 24.3 Å². The van der Waals surface area contributed by atoms with Gasteiger partial charge in [-0.25, -0.2) is 0 Å². The van der Waals surface area contributed by atoms with E-state index in [9.17, 15) is 4.79 Å².